The number of hydrogen-bond donors (Lipinski definition) is 10. The molecular formula is C28H39N11O6. The monoisotopic (exact) mass is 625 g/mol. The number of benzene rings is 1. The number of carbonyl (C=O) groups excluding carboxylic acids is 4. The number of primary amides is 1. The van der Waals surface area contributed by atoms with Gasteiger partial charge in [-0.25, -0.2) is 9.78 Å². The Bertz CT molecular complexity index is 1500. The summed E-state index contributed by atoms with van der Waals surface area (Å²) in [4.78, 5) is 77.1. The molecule has 0 aliphatic carbocycles. The van der Waals surface area contributed by atoms with Crippen molar-refractivity contribution in [2.75, 3.05) is 6.54 Å². The van der Waals surface area contributed by atoms with Gasteiger partial charge in [-0.15, -0.1) is 0 Å². The zero-order chi connectivity index (χ0) is 32.9. The predicted octanol–water partition coefficient (Wildman–Crippen LogP) is -2.14. The average Bonchev–Trinajstić information content (AvgIpc) is 3.66. The number of carbonyl (C=O) groups is 5. The summed E-state index contributed by atoms with van der Waals surface area (Å²) >= 11 is 0. The normalized spacial score (nSPS) is 13.6. The van der Waals surface area contributed by atoms with Gasteiger partial charge in [0, 0.05) is 54.8 Å². The first-order valence-electron chi connectivity index (χ1n) is 14.2. The van der Waals surface area contributed by atoms with Crippen LogP contribution in [0.1, 0.15) is 36.9 Å². The van der Waals surface area contributed by atoms with Crippen molar-refractivity contribution in [2.45, 2.75) is 62.7 Å². The summed E-state index contributed by atoms with van der Waals surface area (Å²) in [6, 6.07) is 2.37. The lowest BCUT2D eigenvalue weighted by molar-refractivity contribution is -0.142. The lowest BCUT2D eigenvalue weighted by Crippen LogP contribution is -2.58. The number of aromatic nitrogens is 3. The van der Waals surface area contributed by atoms with E-state index in [4.69, 9.17) is 22.9 Å². The lowest BCUT2D eigenvalue weighted by Gasteiger charge is -2.25. The summed E-state index contributed by atoms with van der Waals surface area (Å²) in [5.74, 6) is -4.39. The van der Waals surface area contributed by atoms with Gasteiger partial charge >= 0.3 is 5.97 Å². The van der Waals surface area contributed by atoms with Gasteiger partial charge in [-0.2, -0.15) is 0 Å². The number of hydrogen-bond acceptors (Lipinski definition) is 8. The fraction of sp³-hybridized carbons (Fsp3) is 0.393. The van der Waals surface area contributed by atoms with E-state index in [9.17, 15) is 29.1 Å². The van der Waals surface area contributed by atoms with Crippen LogP contribution in [0.3, 0.4) is 0 Å². The molecule has 3 rings (SSSR count). The fourth-order valence-corrected chi connectivity index (χ4v) is 4.58. The number of imidazole rings is 1. The number of amides is 4. The van der Waals surface area contributed by atoms with E-state index < -0.39 is 53.8 Å². The molecule has 45 heavy (non-hydrogen) atoms. The Morgan fingerprint density at radius 3 is 2.24 bits per heavy atom. The van der Waals surface area contributed by atoms with Crippen LogP contribution in [0.25, 0.3) is 10.9 Å². The SMILES string of the molecule is NC(=O)CCC(NC(=O)C(Cc1cnc[nH]1)NC(=O)C(N)CCCN=C(N)N)C(=O)NC(Cc1c[nH]c2ccccc12)C(=O)O. The third-order valence-electron chi connectivity index (χ3n) is 6.94. The van der Waals surface area contributed by atoms with Gasteiger partial charge < -0.3 is 54.0 Å². The lowest BCUT2D eigenvalue weighted by atomic mass is 10.0. The van der Waals surface area contributed by atoms with Crippen molar-refractivity contribution >= 4 is 46.5 Å². The number of rotatable bonds is 18. The highest BCUT2D eigenvalue weighted by molar-refractivity contribution is 5.94. The second kappa shape index (κ2) is 16.4. The number of nitrogens with zero attached hydrogens (tertiary/aromatic N) is 2. The van der Waals surface area contributed by atoms with Crippen LogP contribution in [-0.4, -0.2) is 86.3 Å². The van der Waals surface area contributed by atoms with Gasteiger partial charge in [0.15, 0.2) is 5.96 Å². The van der Waals surface area contributed by atoms with Gasteiger partial charge in [0.1, 0.15) is 18.1 Å². The van der Waals surface area contributed by atoms with Gasteiger partial charge in [-0.05, 0) is 30.9 Å². The van der Waals surface area contributed by atoms with Crippen molar-refractivity contribution in [3.05, 3.63) is 54.2 Å². The topological polar surface area (TPSA) is 303 Å². The van der Waals surface area contributed by atoms with E-state index in [0.717, 1.165) is 10.9 Å². The molecule has 0 fully saturated rings. The summed E-state index contributed by atoms with van der Waals surface area (Å²) in [5.41, 5.74) is 23.9. The molecule has 0 saturated carbocycles. The third kappa shape index (κ3) is 10.6. The number of carboxylic acid groups (broad SMARTS) is 1. The van der Waals surface area contributed by atoms with E-state index in [2.05, 4.69) is 35.9 Å². The quantitative estimate of drug-likeness (QED) is 0.0415. The van der Waals surface area contributed by atoms with Crippen LogP contribution in [-0.2, 0) is 36.8 Å². The van der Waals surface area contributed by atoms with Crippen molar-refractivity contribution in [3.63, 3.8) is 0 Å². The second-order valence-corrected chi connectivity index (χ2v) is 10.4. The maximum atomic E-state index is 13.5. The van der Waals surface area contributed by atoms with E-state index in [0.29, 0.717) is 17.7 Å². The zero-order valence-electron chi connectivity index (χ0n) is 24.5. The van der Waals surface area contributed by atoms with Gasteiger partial charge in [0.25, 0.3) is 0 Å². The molecule has 0 spiro atoms. The Hall–Kier alpha value is -5.45. The number of guanidine groups is 1. The van der Waals surface area contributed by atoms with Crippen LogP contribution in [0.4, 0.5) is 0 Å². The highest BCUT2D eigenvalue weighted by Gasteiger charge is 2.31. The largest absolute Gasteiger partial charge is 0.480 e. The molecule has 0 aliphatic heterocycles. The summed E-state index contributed by atoms with van der Waals surface area (Å²) < 4.78 is 0. The van der Waals surface area contributed by atoms with E-state index in [1.54, 1.807) is 6.20 Å². The number of fused-ring (bicyclic) bond motifs is 1. The molecule has 0 aliphatic rings. The summed E-state index contributed by atoms with van der Waals surface area (Å²) in [7, 11) is 0. The maximum absolute atomic E-state index is 13.5. The molecule has 14 N–H and O–H groups in total. The third-order valence-corrected chi connectivity index (χ3v) is 6.94. The molecule has 2 aromatic heterocycles. The smallest absolute Gasteiger partial charge is 0.326 e. The first-order chi connectivity index (χ1) is 21.4. The fourth-order valence-electron chi connectivity index (χ4n) is 4.58. The molecule has 4 amide bonds. The minimum atomic E-state index is -1.36. The minimum Gasteiger partial charge on any atom is -0.480 e. The molecular weight excluding hydrogens is 586 g/mol. The molecule has 0 bridgehead atoms. The van der Waals surface area contributed by atoms with Crippen molar-refractivity contribution in [1.29, 1.82) is 0 Å². The van der Waals surface area contributed by atoms with Gasteiger partial charge in [0.2, 0.25) is 23.6 Å². The van der Waals surface area contributed by atoms with Crippen LogP contribution in [0.15, 0.2) is 48.0 Å². The Balaban J connectivity index is 1.74. The number of aromatic amines is 2. The van der Waals surface area contributed by atoms with E-state index >= 15 is 0 Å². The first kappa shape index (κ1) is 34.0. The van der Waals surface area contributed by atoms with Crippen LogP contribution in [0, 0.1) is 0 Å². The van der Waals surface area contributed by atoms with Crippen LogP contribution >= 0.6 is 0 Å². The van der Waals surface area contributed by atoms with Crippen molar-refractivity contribution in [3.8, 4) is 0 Å². The number of carboxylic acids is 1. The molecule has 242 valence electrons. The number of nitrogens with one attached hydrogen (secondary N) is 5. The molecule has 1 aromatic carbocycles. The van der Waals surface area contributed by atoms with E-state index in [1.165, 1.54) is 12.5 Å². The zero-order valence-corrected chi connectivity index (χ0v) is 24.5. The van der Waals surface area contributed by atoms with Crippen LogP contribution in [0.2, 0.25) is 0 Å². The Morgan fingerprint density at radius 1 is 0.889 bits per heavy atom. The number of nitrogens with two attached hydrogens (primary N) is 4. The van der Waals surface area contributed by atoms with Gasteiger partial charge in [0.05, 0.1) is 12.4 Å². The van der Waals surface area contributed by atoms with E-state index in [-0.39, 0.29) is 44.6 Å². The van der Waals surface area contributed by atoms with Crippen molar-refractivity contribution < 1.29 is 29.1 Å². The molecule has 0 radical (unpaired) electrons. The van der Waals surface area contributed by atoms with Gasteiger partial charge in [-0.3, -0.25) is 24.2 Å². The number of aliphatic imine (C=N–C) groups is 1. The van der Waals surface area contributed by atoms with Crippen LogP contribution < -0.4 is 38.9 Å². The summed E-state index contributed by atoms with van der Waals surface area (Å²) in [6.45, 7) is 0.260. The number of H-pyrrole nitrogens is 2. The molecule has 4 atom stereocenters. The Kier molecular flexibility index (Phi) is 12.4. The molecule has 0 saturated heterocycles. The molecule has 2 heterocycles. The Labute approximate surface area is 258 Å². The number of para-hydroxylation sites is 1. The van der Waals surface area contributed by atoms with E-state index in [1.807, 2.05) is 24.3 Å². The predicted molar refractivity (Wildman–Crippen MR) is 164 cm³/mol. The standard InChI is InChI=1S/C28H39N11O6/c29-18(5-3-9-34-28(31)32)24(41)38-21(11-16-13-33-14-36-16)26(43)37-20(7-8-23(30)40)25(42)39-22(27(44)45)10-15-12-35-19-6-2-1-4-17(15)19/h1-2,4,6,12-14,18,20-22,35H,3,5,7-11,29H2,(H2,30,40)(H,33,36)(H,37,43)(H,38,41)(H,39,42)(H,44,45)(H4,31,32,34). The van der Waals surface area contributed by atoms with Crippen LogP contribution in [0.5, 0.6) is 0 Å². The minimum absolute atomic E-state index is 0.0409. The highest BCUT2D eigenvalue weighted by atomic mass is 16.4. The molecule has 3 aromatic rings. The van der Waals surface area contributed by atoms with Crippen molar-refractivity contribution in [1.82, 2.24) is 30.9 Å². The van der Waals surface area contributed by atoms with Gasteiger partial charge in [-0.1, -0.05) is 18.2 Å². The summed E-state index contributed by atoms with van der Waals surface area (Å²) in [6.07, 6.45) is 4.54. The summed E-state index contributed by atoms with van der Waals surface area (Å²) in [5, 5.41) is 18.3. The molecule has 4 unspecified atom stereocenters. The number of aliphatic carboxylic acids is 1. The highest BCUT2D eigenvalue weighted by Crippen LogP contribution is 2.19. The average molecular weight is 626 g/mol. The first-order valence-corrected chi connectivity index (χ1v) is 14.2. The molecule has 17 heteroatoms. The maximum Gasteiger partial charge on any atom is 0.326 e. The Morgan fingerprint density at radius 2 is 1.58 bits per heavy atom. The second-order valence-electron chi connectivity index (χ2n) is 10.4. The molecule has 17 nitrogen and oxygen atoms in total. The van der Waals surface area contributed by atoms with Crippen molar-refractivity contribution in [2.24, 2.45) is 27.9 Å².